The molecule has 24 nitrogen and oxygen atoms in total. The second-order valence-electron chi connectivity index (χ2n) is 19.9. The van der Waals surface area contributed by atoms with Gasteiger partial charge in [0.15, 0.2) is 0 Å². The number of amides is 9. The van der Waals surface area contributed by atoms with Gasteiger partial charge in [0.1, 0.15) is 24.0 Å². The zero-order valence-electron chi connectivity index (χ0n) is 43.9. The van der Waals surface area contributed by atoms with Crippen LogP contribution in [0.2, 0.25) is 0 Å². The van der Waals surface area contributed by atoms with Crippen LogP contribution in [-0.2, 0) is 71.1 Å². The Balaban J connectivity index is 1.00. The number of nitrogens with one attached hydrogen (secondary N) is 5. The van der Waals surface area contributed by atoms with Crippen molar-refractivity contribution < 1.29 is 62.9 Å². The number of aliphatic carboxylic acids is 1. The van der Waals surface area contributed by atoms with Crippen molar-refractivity contribution in [2.75, 3.05) is 57.9 Å². The summed E-state index contributed by atoms with van der Waals surface area (Å²) < 4.78 is 5.41. The smallest absolute Gasteiger partial charge is 0.303 e. The number of nitrogens with two attached hydrogens (primary N) is 1. The van der Waals surface area contributed by atoms with E-state index in [4.69, 9.17) is 10.5 Å². The largest absolute Gasteiger partial charge is 0.481 e. The third kappa shape index (κ3) is 15.8. The van der Waals surface area contributed by atoms with Gasteiger partial charge in [-0.05, 0) is 74.3 Å². The number of anilines is 1. The molecule has 77 heavy (non-hydrogen) atoms. The van der Waals surface area contributed by atoms with Gasteiger partial charge in [-0.3, -0.25) is 57.8 Å². The third-order valence-electron chi connectivity index (χ3n) is 13.4. The molecule has 1 saturated carbocycles. The molecule has 0 radical (unpaired) electrons. The van der Waals surface area contributed by atoms with Gasteiger partial charge >= 0.3 is 5.97 Å². The molecular weight excluding hydrogens is 999 g/mol. The molecule has 0 unspecified atom stereocenters. The number of imide groups is 1. The lowest BCUT2D eigenvalue weighted by atomic mass is 9.92. The van der Waals surface area contributed by atoms with Crippen LogP contribution in [0.3, 0.4) is 0 Å². The Labute approximate surface area is 445 Å². The number of aliphatic imine (C=N–C) groups is 1. The number of carboxylic acids is 1. The number of carbonyl (C=O) groups is 10. The lowest BCUT2D eigenvalue weighted by Gasteiger charge is -2.29. The van der Waals surface area contributed by atoms with Crippen LogP contribution in [0.25, 0.3) is 6.08 Å². The molecule has 1 aliphatic carbocycles. The number of aliphatic hydroxyl groups is 1. The maximum atomic E-state index is 14.0. The minimum absolute atomic E-state index is 0.00252. The van der Waals surface area contributed by atoms with Gasteiger partial charge in [0.2, 0.25) is 41.4 Å². The lowest BCUT2D eigenvalue weighted by Crippen LogP contribution is -2.56. The maximum Gasteiger partial charge on any atom is 0.303 e. The molecular formula is C53H69N11O13. The van der Waals surface area contributed by atoms with E-state index in [1.165, 1.54) is 11.8 Å². The Bertz CT molecular complexity index is 2690. The Morgan fingerprint density at radius 2 is 1.65 bits per heavy atom. The highest BCUT2D eigenvalue weighted by Gasteiger charge is 2.51. The number of rotatable bonds is 27. The summed E-state index contributed by atoms with van der Waals surface area (Å²) in [7, 11) is 0. The Hall–Kier alpha value is -7.86. The second kappa shape index (κ2) is 26.8. The molecule has 1 aromatic carbocycles. The molecule has 0 saturated heterocycles. The number of ether oxygens (including phenoxy) is 1. The number of nitrogens with zero attached hydrogens (tertiary/aromatic N) is 5. The van der Waals surface area contributed by atoms with Crippen LogP contribution < -0.4 is 32.3 Å². The van der Waals surface area contributed by atoms with E-state index in [0.29, 0.717) is 53.9 Å². The predicted molar refractivity (Wildman–Crippen MR) is 279 cm³/mol. The number of aromatic nitrogens is 1. The van der Waals surface area contributed by atoms with Crippen LogP contribution in [0.15, 0.2) is 53.2 Å². The van der Waals surface area contributed by atoms with Crippen molar-refractivity contribution >= 4 is 82.4 Å². The van der Waals surface area contributed by atoms with Crippen LogP contribution in [0, 0.1) is 5.92 Å². The summed E-state index contributed by atoms with van der Waals surface area (Å²) in [6, 6.07) is 3.53. The molecule has 9 N–H and O–H groups in total. The first-order valence-electron chi connectivity index (χ1n) is 25.9. The van der Waals surface area contributed by atoms with Gasteiger partial charge in [-0.2, -0.15) is 0 Å². The molecule has 0 bridgehead atoms. The van der Waals surface area contributed by atoms with Crippen LogP contribution in [0.1, 0.15) is 101 Å². The highest BCUT2D eigenvalue weighted by atomic mass is 16.5. The fourth-order valence-electron chi connectivity index (χ4n) is 9.12. The molecule has 9 amide bonds. The summed E-state index contributed by atoms with van der Waals surface area (Å²) in [6.07, 6.45) is 7.21. The minimum Gasteiger partial charge on any atom is -0.481 e. The summed E-state index contributed by atoms with van der Waals surface area (Å²) in [5.74, 6) is -5.80. The molecule has 3 aliphatic heterocycles. The van der Waals surface area contributed by atoms with Crippen molar-refractivity contribution in [3.05, 3.63) is 70.6 Å². The van der Waals surface area contributed by atoms with E-state index in [2.05, 4.69) is 36.6 Å². The van der Waals surface area contributed by atoms with Crippen LogP contribution >= 0.6 is 0 Å². The van der Waals surface area contributed by atoms with E-state index in [1.807, 2.05) is 39.0 Å². The molecule has 0 spiro atoms. The SMILES string of the molecule is CCCN(CCO)C(=O)C1=Cc2ccc(C3(C(=O)Nc4cnc5c(c4)CN(C(=O)CNC(=O)[C@H](CCC(=O)O)NC(=O)[C@H](C)NC(=O)[C@@H](CC(C)C)NC(=O)CCOCCN4C(=O)C=CC4=O)CC5)CC3)cc2N=C(N)C1. The first-order valence-corrected chi connectivity index (χ1v) is 25.9. The molecule has 4 heterocycles. The van der Waals surface area contributed by atoms with E-state index in [-0.39, 0.29) is 95.3 Å². The number of carbonyl (C=O) groups excluding carboxylic acids is 9. The molecule has 6 rings (SSSR count). The summed E-state index contributed by atoms with van der Waals surface area (Å²) in [4.78, 5) is 142. The van der Waals surface area contributed by atoms with Gasteiger partial charge in [-0.15, -0.1) is 0 Å². The van der Waals surface area contributed by atoms with Crippen molar-refractivity contribution in [2.45, 2.75) is 116 Å². The average molecular weight is 1070 g/mol. The summed E-state index contributed by atoms with van der Waals surface area (Å²) in [6.45, 7) is 7.31. The number of carboxylic acid groups (broad SMARTS) is 1. The van der Waals surface area contributed by atoms with Crippen molar-refractivity contribution in [2.24, 2.45) is 16.6 Å². The molecule has 2 aromatic rings. The lowest BCUT2D eigenvalue weighted by molar-refractivity contribution is -0.139. The summed E-state index contributed by atoms with van der Waals surface area (Å²) in [5, 5.41) is 32.1. The molecule has 1 aromatic heterocycles. The number of pyridine rings is 1. The monoisotopic (exact) mass is 1070 g/mol. The highest BCUT2D eigenvalue weighted by molar-refractivity contribution is 6.13. The van der Waals surface area contributed by atoms with Crippen molar-refractivity contribution in [3.63, 3.8) is 0 Å². The Morgan fingerprint density at radius 1 is 0.909 bits per heavy atom. The predicted octanol–water partition coefficient (Wildman–Crippen LogP) is 0.476. The fraction of sp³-hybridized carbons (Fsp3) is 0.509. The normalized spacial score (nSPS) is 16.4. The molecule has 1 fully saturated rings. The summed E-state index contributed by atoms with van der Waals surface area (Å²) in [5.41, 5.74) is 9.64. The topological polar surface area (TPSA) is 342 Å². The second-order valence-corrected chi connectivity index (χ2v) is 19.9. The van der Waals surface area contributed by atoms with Crippen molar-refractivity contribution in [1.82, 2.24) is 41.0 Å². The van der Waals surface area contributed by atoms with E-state index in [9.17, 15) is 58.2 Å². The zero-order valence-corrected chi connectivity index (χ0v) is 43.9. The van der Waals surface area contributed by atoms with Gasteiger partial charge in [-0.25, -0.2) is 4.99 Å². The Kier molecular flexibility index (Phi) is 20.3. The molecule has 4 aliphatic rings. The number of amidine groups is 1. The van der Waals surface area contributed by atoms with Crippen LogP contribution in [0.5, 0.6) is 0 Å². The van der Waals surface area contributed by atoms with Gasteiger partial charge in [-0.1, -0.05) is 32.9 Å². The van der Waals surface area contributed by atoms with Crippen molar-refractivity contribution in [3.8, 4) is 0 Å². The number of aliphatic hydroxyl groups excluding tert-OH is 1. The summed E-state index contributed by atoms with van der Waals surface area (Å²) >= 11 is 0. The van der Waals surface area contributed by atoms with Crippen LogP contribution in [0.4, 0.5) is 11.4 Å². The third-order valence-corrected chi connectivity index (χ3v) is 13.4. The Morgan fingerprint density at radius 3 is 2.32 bits per heavy atom. The first-order chi connectivity index (χ1) is 36.7. The highest BCUT2D eigenvalue weighted by Crippen LogP contribution is 2.50. The van der Waals surface area contributed by atoms with Gasteiger partial charge in [0.05, 0.1) is 55.9 Å². The fourth-order valence-corrected chi connectivity index (χ4v) is 9.12. The van der Waals surface area contributed by atoms with Crippen molar-refractivity contribution in [1.29, 1.82) is 0 Å². The first kappa shape index (κ1) is 58.4. The molecule has 3 atom stereocenters. The van der Waals surface area contributed by atoms with E-state index >= 15 is 0 Å². The minimum atomic E-state index is -1.40. The van der Waals surface area contributed by atoms with Crippen LogP contribution in [-0.4, -0.2) is 166 Å². The number of hydrogen-bond donors (Lipinski definition) is 8. The standard InChI is InChI=1S/C53H69N11O13/c1-5-16-62(18-20-65)51(75)34-24-33-6-7-36(27-40(33)59-42(54)26-34)53(14-15-53)52(76)58-37-25-35-30-63(17-12-38(35)55-28-37)46(69)29-56-49(73)39(8-11-47(70)71)61-48(72)32(4)57-50(74)41(23-31(2)3)60-43(66)13-21-77-22-19-64-44(67)9-10-45(64)68/h6-7,9-10,24-25,27-28,31-32,39,41,65H,5,8,11-23,26,29-30H2,1-4H3,(H2,54,59)(H,56,73)(H,57,74)(H,58,76)(H,60,66)(H,61,72)(H,70,71)/t32-,39-,41+/m0/s1. The number of fused-ring (bicyclic) bond motifs is 2. The molecule has 414 valence electrons. The molecule has 24 heteroatoms. The number of benzene rings is 1. The number of hydrogen-bond acceptors (Lipinski definition) is 15. The van der Waals surface area contributed by atoms with E-state index in [1.54, 1.807) is 23.2 Å². The van der Waals surface area contributed by atoms with Gasteiger partial charge in [0, 0.05) is 80.8 Å². The van der Waals surface area contributed by atoms with E-state index in [0.717, 1.165) is 34.7 Å². The van der Waals surface area contributed by atoms with Gasteiger partial charge in [0.25, 0.3) is 11.8 Å². The quantitative estimate of drug-likeness (QED) is 0.0446. The average Bonchev–Trinajstić information content (AvgIpc) is 4.18. The van der Waals surface area contributed by atoms with E-state index < -0.39 is 83.8 Å². The maximum absolute atomic E-state index is 14.0. The van der Waals surface area contributed by atoms with Gasteiger partial charge < -0.3 is 57.1 Å². The zero-order chi connectivity index (χ0) is 56.0.